The van der Waals surface area contributed by atoms with Crippen molar-refractivity contribution < 1.29 is 4.74 Å². The molecule has 1 saturated carbocycles. The fraction of sp³-hybridized carbons (Fsp3) is 0.647. The maximum absolute atomic E-state index is 6.29. The van der Waals surface area contributed by atoms with Crippen molar-refractivity contribution in [3.8, 4) is 0 Å². The molecule has 2 heteroatoms. The van der Waals surface area contributed by atoms with E-state index in [0.717, 1.165) is 5.92 Å². The van der Waals surface area contributed by atoms with Crippen molar-refractivity contribution in [2.75, 3.05) is 6.54 Å². The summed E-state index contributed by atoms with van der Waals surface area (Å²) in [5, 5.41) is 0. The van der Waals surface area contributed by atoms with Crippen molar-refractivity contribution in [1.29, 1.82) is 0 Å². The Hall–Kier alpha value is -0.860. The van der Waals surface area contributed by atoms with Crippen molar-refractivity contribution in [3.63, 3.8) is 0 Å². The predicted octanol–water partition coefficient (Wildman–Crippen LogP) is 3.98. The molecule has 0 amide bonds. The molecule has 1 aliphatic carbocycles. The lowest BCUT2D eigenvalue weighted by Gasteiger charge is -2.31. The first kappa shape index (κ1) is 14.5. The van der Waals surface area contributed by atoms with E-state index in [1.54, 1.807) is 0 Å². The number of aryl methyl sites for hydroxylation is 1. The lowest BCUT2D eigenvalue weighted by atomic mass is 9.85. The Kier molecular flexibility index (Phi) is 5.41. The van der Waals surface area contributed by atoms with Gasteiger partial charge in [0.1, 0.15) is 0 Å². The molecule has 3 unspecified atom stereocenters. The van der Waals surface area contributed by atoms with E-state index in [-0.39, 0.29) is 6.10 Å². The molecule has 2 N–H and O–H groups in total. The summed E-state index contributed by atoms with van der Waals surface area (Å²) in [6.45, 7) is 4.97. The summed E-state index contributed by atoms with van der Waals surface area (Å²) in [7, 11) is 0. The maximum Gasteiger partial charge on any atom is 0.0950 e. The Balaban J connectivity index is 1.99. The Labute approximate surface area is 117 Å². The van der Waals surface area contributed by atoms with Crippen LogP contribution in [0.3, 0.4) is 0 Å². The van der Waals surface area contributed by atoms with Gasteiger partial charge >= 0.3 is 0 Å². The summed E-state index contributed by atoms with van der Waals surface area (Å²) in [5.74, 6) is 0.842. The van der Waals surface area contributed by atoms with E-state index in [1.165, 1.54) is 43.2 Å². The summed E-state index contributed by atoms with van der Waals surface area (Å²) in [6, 6.07) is 8.53. The molecule has 1 aromatic carbocycles. The van der Waals surface area contributed by atoms with Gasteiger partial charge in [0.05, 0.1) is 12.2 Å². The Morgan fingerprint density at radius 2 is 2.21 bits per heavy atom. The van der Waals surface area contributed by atoms with Crippen LogP contribution in [0.5, 0.6) is 0 Å². The lowest BCUT2D eigenvalue weighted by molar-refractivity contribution is -0.0382. The minimum Gasteiger partial charge on any atom is -0.369 e. The van der Waals surface area contributed by atoms with E-state index in [2.05, 4.69) is 38.1 Å². The van der Waals surface area contributed by atoms with Gasteiger partial charge in [-0.25, -0.2) is 0 Å². The molecule has 0 bridgehead atoms. The van der Waals surface area contributed by atoms with Gasteiger partial charge < -0.3 is 10.5 Å². The molecule has 1 aliphatic rings. The van der Waals surface area contributed by atoms with Crippen LogP contribution >= 0.6 is 0 Å². The number of hydrogen-bond donors (Lipinski definition) is 1. The molecule has 1 aromatic rings. The third-order valence-electron chi connectivity index (χ3n) is 4.30. The molecule has 3 atom stereocenters. The summed E-state index contributed by atoms with van der Waals surface area (Å²) in [4.78, 5) is 0. The van der Waals surface area contributed by atoms with Crippen LogP contribution in [0, 0.1) is 12.8 Å². The molecular weight excluding hydrogens is 234 g/mol. The van der Waals surface area contributed by atoms with Gasteiger partial charge in [0.15, 0.2) is 0 Å². The third-order valence-corrected chi connectivity index (χ3v) is 4.30. The summed E-state index contributed by atoms with van der Waals surface area (Å²) in [6.07, 6.45) is 6.80. The van der Waals surface area contributed by atoms with Crippen LogP contribution in [0.2, 0.25) is 0 Å². The van der Waals surface area contributed by atoms with Crippen LogP contribution in [0.4, 0.5) is 0 Å². The first-order valence-corrected chi connectivity index (χ1v) is 7.65. The second kappa shape index (κ2) is 7.06. The van der Waals surface area contributed by atoms with Gasteiger partial charge in [-0.05, 0) is 31.2 Å². The topological polar surface area (TPSA) is 35.2 Å². The third kappa shape index (κ3) is 4.05. The maximum atomic E-state index is 6.29. The average Bonchev–Trinajstić information content (AvgIpc) is 2.45. The molecular formula is C17H27NO. The van der Waals surface area contributed by atoms with Crippen LogP contribution in [0.15, 0.2) is 24.3 Å². The van der Waals surface area contributed by atoms with Crippen molar-refractivity contribution >= 4 is 0 Å². The number of rotatable bonds is 5. The second-order valence-corrected chi connectivity index (χ2v) is 5.84. The monoisotopic (exact) mass is 261 g/mol. The Morgan fingerprint density at radius 1 is 1.37 bits per heavy atom. The average molecular weight is 261 g/mol. The predicted molar refractivity (Wildman–Crippen MR) is 80.1 cm³/mol. The van der Waals surface area contributed by atoms with Crippen LogP contribution < -0.4 is 5.73 Å². The minimum absolute atomic E-state index is 0.0560. The van der Waals surface area contributed by atoms with Gasteiger partial charge in [-0.2, -0.15) is 0 Å². The normalized spacial score (nSPS) is 25.2. The number of nitrogens with two attached hydrogens (primary N) is 1. The highest BCUT2D eigenvalue weighted by molar-refractivity contribution is 5.24. The molecule has 2 nitrogen and oxygen atoms in total. The number of ether oxygens (including phenoxy) is 1. The first-order chi connectivity index (χ1) is 9.22. The fourth-order valence-electron chi connectivity index (χ4n) is 3.11. The second-order valence-electron chi connectivity index (χ2n) is 5.84. The van der Waals surface area contributed by atoms with E-state index >= 15 is 0 Å². The lowest BCUT2D eigenvalue weighted by Crippen LogP contribution is -2.27. The van der Waals surface area contributed by atoms with Crippen LogP contribution in [-0.2, 0) is 4.74 Å². The van der Waals surface area contributed by atoms with E-state index in [9.17, 15) is 0 Å². The van der Waals surface area contributed by atoms with Crippen molar-refractivity contribution in [1.82, 2.24) is 0 Å². The highest BCUT2D eigenvalue weighted by Crippen LogP contribution is 2.31. The van der Waals surface area contributed by atoms with Gasteiger partial charge in [-0.1, -0.05) is 56.0 Å². The molecule has 19 heavy (non-hydrogen) atoms. The van der Waals surface area contributed by atoms with Crippen molar-refractivity contribution in [3.05, 3.63) is 35.4 Å². The SMILES string of the molecule is CCC1CCCC(OC(CN)c2cccc(C)c2)C1. The van der Waals surface area contributed by atoms with E-state index < -0.39 is 0 Å². The van der Waals surface area contributed by atoms with Gasteiger partial charge in [0.25, 0.3) is 0 Å². The molecule has 2 rings (SSSR count). The van der Waals surface area contributed by atoms with Gasteiger partial charge in [-0.3, -0.25) is 0 Å². The quantitative estimate of drug-likeness (QED) is 0.870. The Bertz CT molecular complexity index is 391. The highest BCUT2D eigenvalue weighted by atomic mass is 16.5. The molecule has 0 heterocycles. The van der Waals surface area contributed by atoms with Crippen molar-refractivity contribution in [2.45, 2.75) is 58.2 Å². The van der Waals surface area contributed by atoms with Crippen LogP contribution in [0.1, 0.15) is 56.3 Å². The van der Waals surface area contributed by atoms with Gasteiger partial charge in [0.2, 0.25) is 0 Å². The summed E-state index contributed by atoms with van der Waals surface area (Å²) < 4.78 is 6.29. The Morgan fingerprint density at radius 3 is 2.89 bits per heavy atom. The zero-order valence-electron chi connectivity index (χ0n) is 12.3. The molecule has 0 aromatic heterocycles. The zero-order chi connectivity index (χ0) is 13.7. The number of hydrogen-bond acceptors (Lipinski definition) is 2. The standard InChI is InChI=1S/C17H27NO/c1-3-14-7-5-9-16(11-14)19-17(12-18)15-8-4-6-13(2)10-15/h4,6,8,10,14,16-17H,3,5,7,9,11-12,18H2,1-2H3. The van der Waals surface area contributed by atoms with Gasteiger partial charge in [-0.15, -0.1) is 0 Å². The van der Waals surface area contributed by atoms with Gasteiger partial charge in [0, 0.05) is 6.54 Å². The van der Waals surface area contributed by atoms with Crippen LogP contribution in [-0.4, -0.2) is 12.6 Å². The molecule has 0 aliphatic heterocycles. The molecule has 0 radical (unpaired) electrons. The van der Waals surface area contributed by atoms with Crippen LogP contribution in [0.25, 0.3) is 0 Å². The van der Waals surface area contributed by atoms with E-state index in [0.29, 0.717) is 12.6 Å². The minimum atomic E-state index is 0.0560. The summed E-state index contributed by atoms with van der Waals surface area (Å²) >= 11 is 0. The largest absolute Gasteiger partial charge is 0.369 e. The molecule has 106 valence electrons. The molecule has 0 saturated heterocycles. The van der Waals surface area contributed by atoms with Crippen molar-refractivity contribution in [2.24, 2.45) is 11.7 Å². The molecule has 0 spiro atoms. The summed E-state index contributed by atoms with van der Waals surface area (Å²) in [5.41, 5.74) is 8.41. The van der Waals surface area contributed by atoms with E-state index in [1.807, 2.05) is 0 Å². The van der Waals surface area contributed by atoms with E-state index in [4.69, 9.17) is 10.5 Å². The number of benzene rings is 1. The smallest absolute Gasteiger partial charge is 0.0950 e. The molecule has 1 fully saturated rings. The fourth-order valence-corrected chi connectivity index (χ4v) is 3.11. The zero-order valence-corrected chi connectivity index (χ0v) is 12.3. The highest BCUT2D eigenvalue weighted by Gasteiger charge is 2.24. The first-order valence-electron chi connectivity index (χ1n) is 7.65.